The van der Waals surface area contributed by atoms with Crippen LogP contribution in [-0.2, 0) is 0 Å². The van der Waals surface area contributed by atoms with Gasteiger partial charge in [-0.25, -0.2) is 0 Å². The average molecular weight is 88.2 g/mol. The Bertz CT molecular complexity index is 142. The molecule has 1 heterocycles. The molecule has 0 aliphatic carbocycles. The van der Waals surface area contributed by atoms with E-state index in [4.69, 9.17) is 2.74 Å². The molecule has 1 aromatic rings. The molecule has 0 aromatic carbocycles. The van der Waals surface area contributed by atoms with Gasteiger partial charge < -0.3 is 0 Å². The monoisotopic (exact) mass is 88.0 g/mol. The summed E-state index contributed by atoms with van der Waals surface area (Å²) in [5, 5.41) is 0.926. The standard InChI is InChI=1S/C4H4S/c1-2-4-5-3-1/h1-4H/i3T,4T. The second-order valence-corrected chi connectivity index (χ2v) is 1.35. The minimum atomic E-state index is 0.463. The minimum Gasteiger partial charge on any atom is -0.152 e. The van der Waals surface area contributed by atoms with Crippen molar-refractivity contribution in [3.05, 3.63) is 22.8 Å². The lowest BCUT2D eigenvalue weighted by atomic mass is 10.7. The van der Waals surface area contributed by atoms with Crippen LogP contribution >= 0.6 is 11.3 Å². The van der Waals surface area contributed by atoms with Crippen LogP contribution in [-0.4, -0.2) is 0 Å². The van der Waals surface area contributed by atoms with Gasteiger partial charge in [-0.3, -0.25) is 0 Å². The molecule has 0 amide bonds. The number of hydrogen-bond donors (Lipinski definition) is 0. The first-order valence-corrected chi connectivity index (χ1v) is 2.14. The third-order valence-electron chi connectivity index (χ3n) is 0.337. The molecule has 0 nitrogen and oxygen atoms in total. The molecule has 0 spiro atoms. The van der Waals surface area contributed by atoms with Crippen LogP contribution in [0.2, 0.25) is 0 Å². The first-order valence-electron chi connectivity index (χ1n) is 2.32. The Kier molecular flexibility index (Phi) is 0.350. The van der Waals surface area contributed by atoms with Crippen molar-refractivity contribution in [1.82, 2.24) is 0 Å². The molecule has 5 heavy (non-hydrogen) atoms. The van der Waals surface area contributed by atoms with Crippen LogP contribution in [0.1, 0.15) is 2.74 Å². The fraction of sp³-hybridized carbons (Fsp3) is 0. The molecule has 0 radical (unpaired) electrons. The van der Waals surface area contributed by atoms with Gasteiger partial charge in [0.25, 0.3) is 0 Å². The maximum absolute atomic E-state index is 6.91. The summed E-state index contributed by atoms with van der Waals surface area (Å²) < 4.78 is 13.8. The van der Waals surface area contributed by atoms with Gasteiger partial charge in [0.05, 0.1) is 2.74 Å². The molecular formula is C4H4S. The maximum Gasteiger partial charge on any atom is 0.0739 e. The van der Waals surface area contributed by atoms with Crippen molar-refractivity contribution < 1.29 is 2.74 Å². The van der Waals surface area contributed by atoms with Crippen LogP contribution in [0.4, 0.5) is 0 Å². The predicted molar refractivity (Wildman–Crippen MR) is 24.3 cm³/mol. The molecular weight excluding hydrogens is 80.1 g/mol. The van der Waals surface area contributed by atoms with E-state index in [2.05, 4.69) is 0 Å². The number of thiophene rings is 1. The first kappa shape index (κ1) is 1.43. The van der Waals surface area contributed by atoms with Crippen LogP contribution in [0.3, 0.4) is 0 Å². The molecule has 0 aliphatic heterocycles. The number of rotatable bonds is 0. The van der Waals surface area contributed by atoms with Crippen molar-refractivity contribution in [2.45, 2.75) is 0 Å². The molecule has 26 valence electrons. The van der Waals surface area contributed by atoms with Crippen LogP contribution in [0, 0.1) is 0 Å². The van der Waals surface area contributed by atoms with Gasteiger partial charge >= 0.3 is 0 Å². The molecule has 1 aromatic heterocycles. The largest absolute Gasteiger partial charge is 0.152 e. The highest BCUT2D eigenvalue weighted by molar-refractivity contribution is 7.07. The highest BCUT2D eigenvalue weighted by Gasteiger charge is 1.58. The third kappa shape index (κ3) is 0.484. The van der Waals surface area contributed by atoms with Crippen molar-refractivity contribution >= 4 is 11.3 Å². The van der Waals surface area contributed by atoms with Crippen molar-refractivity contribution in [2.75, 3.05) is 0 Å². The smallest absolute Gasteiger partial charge is 0.0739 e. The van der Waals surface area contributed by atoms with Gasteiger partial charge in [-0.1, -0.05) is 12.1 Å². The highest BCUT2D eigenvalue weighted by Crippen LogP contribution is 1.91. The molecule has 0 saturated carbocycles. The fourth-order valence-electron chi connectivity index (χ4n) is 0.170. The molecule has 0 saturated heterocycles. The van der Waals surface area contributed by atoms with Gasteiger partial charge in [0, 0.05) is 0 Å². The van der Waals surface area contributed by atoms with E-state index in [0.717, 1.165) is 0 Å². The van der Waals surface area contributed by atoms with Crippen LogP contribution < -0.4 is 0 Å². The average Bonchev–Trinajstić information content (AvgIpc) is 1.87. The lowest BCUT2D eigenvalue weighted by molar-refractivity contribution is 2.03. The van der Waals surface area contributed by atoms with E-state index in [-0.39, 0.29) is 0 Å². The Morgan fingerprint density at radius 3 is 2.20 bits per heavy atom. The predicted octanol–water partition coefficient (Wildman–Crippen LogP) is 1.75. The van der Waals surface area contributed by atoms with E-state index in [9.17, 15) is 0 Å². The van der Waals surface area contributed by atoms with Crippen LogP contribution in [0.25, 0.3) is 0 Å². The zero-order chi connectivity index (χ0) is 5.28. The molecule has 0 N–H and O–H groups in total. The summed E-state index contributed by atoms with van der Waals surface area (Å²) in [6, 6.07) is 3.24. The summed E-state index contributed by atoms with van der Waals surface area (Å²) in [7, 11) is 0. The van der Waals surface area contributed by atoms with Gasteiger partial charge in [-0.15, -0.1) is 0 Å². The normalized spacial score (nSPS) is 13.6. The highest BCUT2D eigenvalue weighted by atomic mass is 32.1. The Labute approximate surface area is 37.9 Å². The van der Waals surface area contributed by atoms with Crippen molar-refractivity contribution in [3.63, 3.8) is 0 Å². The molecule has 0 atom stereocenters. The van der Waals surface area contributed by atoms with Crippen molar-refractivity contribution in [3.8, 4) is 0 Å². The van der Waals surface area contributed by atoms with E-state index in [1.165, 1.54) is 11.3 Å². The summed E-state index contributed by atoms with van der Waals surface area (Å²) in [5.74, 6) is 0. The Morgan fingerprint density at radius 2 is 2.00 bits per heavy atom. The lowest BCUT2D eigenvalue weighted by Crippen LogP contribution is -1.16. The summed E-state index contributed by atoms with van der Waals surface area (Å²) in [5.41, 5.74) is 0. The molecule has 0 aliphatic rings. The molecule has 0 unspecified atom stereocenters. The van der Waals surface area contributed by atoms with E-state index in [1.54, 1.807) is 12.1 Å². The van der Waals surface area contributed by atoms with Crippen LogP contribution in [0.5, 0.6) is 0 Å². The SMILES string of the molecule is [3H]c1ccc([3H])s1. The molecule has 0 fully saturated rings. The third-order valence-corrected chi connectivity index (χ3v) is 0.845. The van der Waals surface area contributed by atoms with E-state index < -0.39 is 0 Å². The van der Waals surface area contributed by atoms with Gasteiger partial charge in [-0.2, -0.15) is 11.3 Å². The van der Waals surface area contributed by atoms with Gasteiger partial charge in [0.15, 0.2) is 0 Å². The summed E-state index contributed by atoms with van der Waals surface area (Å²) in [4.78, 5) is 0. The number of hydrogen-bond acceptors (Lipinski definition) is 1. The Hall–Kier alpha value is -0.300. The summed E-state index contributed by atoms with van der Waals surface area (Å²) in [6.45, 7) is 0. The minimum absolute atomic E-state index is 0.463. The first-order chi connectivity index (χ1) is 3.29. The van der Waals surface area contributed by atoms with E-state index in [0.29, 0.717) is 10.7 Å². The van der Waals surface area contributed by atoms with Gasteiger partial charge in [0.2, 0.25) is 0 Å². The lowest BCUT2D eigenvalue weighted by Gasteiger charge is -1.39. The Balaban J connectivity index is 3.04. The summed E-state index contributed by atoms with van der Waals surface area (Å²) >= 11 is 1.18. The Morgan fingerprint density at radius 1 is 1.40 bits per heavy atom. The van der Waals surface area contributed by atoms with Crippen LogP contribution in [0.15, 0.2) is 22.8 Å². The van der Waals surface area contributed by atoms with E-state index >= 15 is 0 Å². The topological polar surface area (TPSA) is 0 Å². The maximum atomic E-state index is 6.91. The zero-order valence-corrected chi connectivity index (χ0v) is 3.38. The zero-order valence-electron chi connectivity index (χ0n) is 4.56. The molecule has 1 heteroatoms. The van der Waals surface area contributed by atoms with Gasteiger partial charge in [0.1, 0.15) is 0 Å². The van der Waals surface area contributed by atoms with Gasteiger partial charge in [-0.05, 0) is 10.7 Å². The molecule has 0 bridgehead atoms. The van der Waals surface area contributed by atoms with Crippen molar-refractivity contribution in [1.29, 1.82) is 0 Å². The second-order valence-electron chi connectivity index (χ2n) is 0.671. The fourth-order valence-corrected chi connectivity index (χ4v) is 0.510. The second kappa shape index (κ2) is 1.22. The summed E-state index contributed by atoms with van der Waals surface area (Å²) in [6.07, 6.45) is 0. The quantitative estimate of drug-likeness (QED) is 0.453. The molecule has 1 rings (SSSR count). The van der Waals surface area contributed by atoms with E-state index in [1.807, 2.05) is 0 Å². The van der Waals surface area contributed by atoms with Crippen molar-refractivity contribution in [2.24, 2.45) is 0 Å².